The van der Waals surface area contributed by atoms with Crippen LogP contribution in [0.4, 0.5) is 0 Å². The molecule has 162 valence electrons. The van der Waals surface area contributed by atoms with Crippen LogP contribution >= 0.6 is 0 Å². The van der Waals surface area contributed by atoms with E-state index in [9.17, 15) is 4.79 Å². The average Bonchev–Trinajstić information content (AvgIpc) is 3.13. The van der Waals surface area contributed by atoms with Crippen LogP contribution in [0.5, 0.6) is 5.75 Å². The third kappa shape index (κ3) is 6.03. The molecule has 3 rings (SSSR count). The largest absolute Gasteiger partial charge is 0.493 e. The van der Waals surface area contributed by atoms with Crippen LogP contribution in [0.2, 0.25) is 0 Å². The number of hydrogen-bond acceptors (Lipinski definition) is 6. The van der Waals surface area contributed by atoms with Gasteiger partial charge in [0.1, 0.15) is 11.9 Å². The number of benzene rings is 1. The Hall–Kier alpha value is -2.44. The van der Waals surface area contributed by atoms with Crippen molar-refractivity contribution in [3.8, 4) is 17.0 Å². The molecule has 0 N–H and O–H groups in total. The van der Waals surface area contributed by atoms with Crippen molar-refractivity contribution in [2.24, 2.45) is 11.8 Å². The Morgan fingerprint density at radius 2 is 2.07 bits per heavy atom. The number of hydrogen-bond donors (Lipinski definition) is 0. The number of pyridine rings is 1. The second kappa shape index (κ2) is 11.1. The molecule has 0 spiro atoms. The Morgan fingerprint density at radius 3 is 2.77 bits per heavy atom. The fourth-order valence-electron chi connectivity index (χ4n) is 3.53. The lowest BCUT2D eigenvalue weighted by atomic mass is 9.93. The Labute approximate surface area is 178 Å². The molecule has 6 heteroatoms. The summed E-state index contributed by atoms with van der Waals surface area (Å²) >= 11 is 0. The molecule has 0 bridgehead atoms. The highest BCUT2D eigenvalue weighted by Gasteiger charge is 2.36. The minimum atomic E-state index is -0.164. The summed E-state index contributed by atoms with van der Waals surface area (Å²) in [7, 11) is 1.68. The predicted octanol–water partition coefficient (Wildman–Crippen LogP) is 4.27. The zero-order valence-electron chi connectivity index (χ0n) is 18.0. The van der Waals surface area contributed by atoms with Crippen molar-refractivity contribution >= 4 is 5.97 Å². The number of rotatable bonds is 11. The molecule has 6 nitrogen and oxygen atoms in total. The highest BCUT2D eigenvalue weighted by atomic mass is 16.6. The molecular formula is C24H31NO5. The van der Waals surface area contributed by atoms with Gasteiger partial charge in [0.2, 0.25) is 0 Å². The van der Waals surface area contributed by atoms with Gasteiger partial charge in [-0.05, 0) is 35.7 Å². The molecule has 1 aromatic carbocycles. The van der Waals surface area contributed by atoms with Crippen LogP contribution in [-0.2, 0) is 25.6 Å². The van der Waals surface area contributed by atoms with Crippen molar-refractivity contribution in [2.75, 3.05) is 26.9 Å². The summed E-state index contributed by atoms with van der Waals surface area (Å²) in [5.74, 6) is 0.936. The van der Waals surface area contributed by atoms with E-state index < -0.39 is 0 Å². The summed E-state index contributed by atoms with van der Waals surface area (Å²) in [6.07, 6.45) is 3.14. The van der Waals surface area contributed by atoms with Crippen molar-refractivity contribution in [1.82, 2.24) is 4.98 Å². The normalized spacial score (nSPS) is 18.6. The van der Waals surface area contributed by atoms with E-state index in [1.54, 1.807) is 13.3 Å². The fourth-order valence-corrected chi connectivity index (χ4v) is 3.53. The molecule has 2 heterocycles. The van der Waals surface area contributed by atoms with Crippen LogP contribution in [0.3, 0.4) is 0 Å². The molecule has 2 atom stereocenters. The van der Waals surface area contributed by atoms with Gasteiger partial charge < -0.3 is 18.9 Å². The summed E-state index contributed by atoms with van der Waals surface area (Å²) in [4.78, 5) is 16.4. The number of nitrogens with zero attached hydrogens (tertiary/aromatic N) is 1. The van der Waals surface area contributed by atoms with E-state index in [-0.39, 0.29) is 18.0 Å². The Bertz CT molecular complexity index is 808. The van der Waals surface area contributed by atoms with Crippen LogP contribution < -0.4 is 4.74 Å². The minimum Gasteiger partial charge on any atom is -0.493 e. The molecule has 1 aliphatic rings. The van der Waals surface area contributed by atoms with Gasteiger partial charge in [-0.3, -0.25) is 9.78 Å². The second-order valence-electron chi connectivity index (χ2n) is 7.90. The number of ether oxygens (including phenoxy) is 4. The second-order valence-corrected chi connectivity index (χ2v) is 7.90. The quantitative estimate of drug-likeness (QED) is 0.405. The topological polar surface area (TPSA) is 66.9 Å². The third-order valence-electron chi connectivity index (χ3n) is 5.22. The molecule has 1 fully saturated rings. The molecule has 2 unspecified atom stereocenters. The minimum absolute atomic E-state index is 0.0247. The Kier molecular flexibility index (Phi) is 8.22. The first-order valence-corrected chi connectivity index (χ1v) is 10.5. The van der Waals surface area contributed by atoms with Gasteiger partial charge >= 0.3 is 5.97 Å². The SMILES string of the molecule is COCCCOc1cc(COCC2CC(C(C)C)C(=O)O2)ccc1-c1ccccn1. The van der Waals surface area contributed by atoms with Crippen molar-refractivity contribution in [3.63, 3.8) is 0 Å². The monoisotopic (exact) mass is 413 g/mol. The van der Waals surface area contributed by atoms with E-state index in [1.807, 2.05) is 50.2 Å². The number of methoxy groups -OCH3 is 1. The number of aromatic nitrogens is 1. The van der Waals surface area contributed by atoms with E-state index in [4.69, 9.17) is 18.9 Å². The standard InChI is InChI=1S/C24H31NO5/c1-17(2)21-14-19(30-24(21)26)16-28-15-18-8-9-20(22-7-4-5-10-25-22)23(13-18)29-12-6-11-27-3/h4-5,7-10,13,17,19,21H,6,11-12,14-16H2,1-3H3. The summed E-state index contributed by atoms with van der Waals surface area (Å²) in [6, 6.07) is 11.8. The van der Waals surface area contributed by atoms with Gasteiger partial charge in [-0.1, -0.05) is 26.0 Å². The molecule has 1 saturated heterocycles. The van der Waals surface area contributed by atoms with Crippen molar-refractivity contribution in [2.45, 2.75) is 39.4 Å². The molecule has 2 aromatic rings. The molecule has 30 heavy (non-hydrogen) atoms. The summed E-state index contributed by atoms with van der Waals surface area (Å²) in [5.41, 5.74) is 2.81. The van der Waals surface area contributed by atoms with Crippen LogP contribution in [0, 0.1) is 11.8 Å². The maximum absolute atomic E-state index is 11.9. The molecule has 1 aromatic heterocycles. The van der Waals surface area contributed by atoms with E-state index in [0.717, 1.165) is 35.4 Å². The van der Waals surface area contributed by atoms with Gasteiger partial charge in [0.05, 0.1) is 31.4 Å². The van der Waals surface area contributed by atoms with Crippen LogP contribution in [0.25, 0.3) is 11.3 Å². The van der Waals surface area contributed by atoms with Crippen LogP contribution in [0.15, 0.2) is 42.6 Å². The first-order chi connectivity index (χ1) is 14.6. The zero-order valence-corrected chi connectivity index (χ0v) is 18.0. The number of cyclic esters (lactones) is 1. The van der Waals surface area contributed by atoms with Crippen LogP contribution in [0.1, 0.15) is 32.3 Å². The molecular weight excluding hydrogens is 382 g/mol. The summed E-state index contributed by atoms with van der Waals surface area (Å²) < 4.78 is 22.4. The van der Waals surface area contributed by atoms with E-state index >= 15 is 0 Å². The van der Waals surface area contributed by atoms with Crippen molar-refractivity contribution in [3.05, 3.63) is 48.2 Å². The molecule has 1 aliphatic heterocycles. The Balaban J connectivity index is 1.61. The van der Waals surface area contributed by atoms with Crippen molar-refractivity contribution < 1.29 is 23.7 Å². The van der Waals surface area contributed by atoms with E-state index in [1.165, 1.54) is 0 Å². The Morgan fingerprint density at radius 1 is 1.20 bits per heavy atom. The highest BCUT2D eigenvalue weighted by Crippen LogP contribution is 2.31. The van der Waals surface area contributed by atoms with Gasteiger partial charge in [0.15, 0.2) is 0 Å². The first-order valence-electron chi connectivity index (χ1n) is 10.5. The molecule has 0 amide bonds. The fraction of sp³-hybridized carbons (Fsp3) is 0.500. The van der Waals surface area contributed by atoms with Gasteiger partial charge in [-0.15, -0.1) is 0 Å². The summed E-state index contributed by atoms with van der Waals surface area (Å²) in [5, 5.41) is 0. The van der Waals surface area contributed by atoms with E-state index in [2.05, 4.69) is 4.98 Å². The molecule has 0 saturated carbocycles. The zero-order chi connectivity index (χ0) is 21.3. The van der Waals surface area contributed by atoms with Gasteiger partial charge in [-0.25, -0.2) is 0 Å². The third-order valence-corrected chi connectivity index (χ3v) is 5.22. The van der Waals surface area contributed by atoms with Crippen LogP contribution in [-0.4, -0.2) is 44.0 Å². The lowest BCUT2D eigenvalue weighted by molar-refractivity contribution is -0.147. The highest BCUT2D eigenvalue weighted by molar-refractivity contribution is 5.74. The molecule has 0 radical (unpaired) electrons. The van der Waals surface area contributed by atoms with Gasteiger partial charge in [-0.2, -0.15) is 0 Å². The number of carbonyl (C=O) groups is 1. The van der Waals surface area contributed by atoms with Gasteiger partial charge in [0, 0.05) is 38.3 Å². The molecule has 0 aliphatic carbocycles. The smallest absolute Gasteiger partial charge is 0.309 e. The van der Waals surface area contributed by atoms with Gasteiger partial charge in [0.25, 0.3) is 0 Å². The maximum atomic E-state index is 11.9. The number of carbonyl (C=O) groups excluding carboxylic acids is 1. The lowest BCUT2D eigenvalue weighted by Gasteiger charge is -2.14. The number of esters is 1. The first kappa shape index (κ1) is 22.2. The average molecular weight is 414 g/mol. The maximum Gasteiger partial charge on any atom is 0.309 e. The lowest BCUT2D eigenvalue weighted by Crippen LogP contribution is -2.15. The van der Waals surface area contributed by atoms with E-state index in [0.29, 0.717) is 32.3 Å². The van der Waals surface area contributed by atoms with Crippen molar-refractivity contribution in [1.29, 1.82) is 0 Å². The predicted molar refractivity (Wildman–Crippen MR) is 114 cm³/mol. The summed E-state index contributed by atoms with van der Waals surface area (Å²) in [6.45, 7) is 6.14.